The average Bonchev–Trinajstić information content (AvgIpc) is 3.14. The Labute approximate surface area is 160 Å². The molecule has 6 heteroatoms. The molecule has 0 spiro atoms. The SMILES string of the molecule is OC[C@H]1CN(Cc2cc3c(cc2Cl)OCO3)C[C@H]1CN1CCCCCC1. The molecule has 0 aromatic heterocycles. The predicted molar refractivity (Wildman–Crippen MR) is 102 cm³/mol. The van der Waals surface area contributed by atoms with E-state index in [2.05, 4.69) is 9.80 Å². The molecule has 0 saturated carbocycles. The molecule has 144 valence electrons. The molecule has 0 amide bonds. The minimum Gasteiger partial charge on any atom is -0.454 e. The van der Waals surface area contributed by atoms with Gasteiger partial charge in [0.1, 0.15) is 0 Å². The van der Waals surface area contributed by atoms with Crippen LogP contribution < -0.4 is 9.47 Å². The Kier molecular flexibility index (Phi) is 5.89. The monoisotopic (exact) mass is 380 g/mol. The van der Waals surface area contributed by atoms with Gasteiger partial charge >= 0.3 is 0 Å². The summed E-state index contributed by atoms with van der Waals surface area (Å²) in [6.45, 7) is 6.81. The molecule has 1 aromatic carbocycles. The van der Waals surface area contributed by atoms with E-state index < -0.39 is 0 Å². The lowest BCUT2D eigenvalue weighted by Crippen LogP contribution is -2.34. The summed E-state index contributed by atoms with van der Waals surface area (Å²) in [5, 5.41) is 10.6. The number of ether oxygens (including phenoxy) is 2. The Morgan fingerprint density at radius 2 is 1.65 bits per heavy atom. The van der Waals surface area contributed by atoms with Gasteiger partial charge in [-0.25, -0.2) is 0 Å². The molecule has 3 heterocycles. The zero-order valence-corrected chi connectivity index (χ0v) is 16.1. The van der Waals surface area contributed by atoms with Gasteiger partial charge in [0.05, 0.1) is 0 Å². The van der Waals surface area contributed by atoms with E-state index in [1.54, 1.807) is 0 Å². The van der Waals surface area contributed by atoms with Crippen molar-refractivity contribution >= 4 is 11.6 Å². The van der Waals surface area contributed by atoms with Crippen LogP contribution in [0, 0.1) is 11.8 Å². The van der Waals surface area contributed by atoms with Crippen molar-refractivity contribution in [3.05, 3.63) is 22.7 Å². The van der Waals surface area contributed by atoms with E-state index in [9.17, 15) is 5.11 Å². The third kappa shape index (κ3) is 4.11. The molecule has 0 unspecified atom stereocenters. The summed E-state index contributed by atoms with van der Waals surface area (Å²) in [6.07, 6.45) is 5.35. The molecule has 5 nitrogen and oxygen atoms in total. The zero-order valence-electron chi connectivity index (χ0n) is 15.3. The third-order valence-corrected chi connectivity index (χ3v) is 6.37. The van der Waals surface area contributed by atoms with Crippen molar-refractivity contribution in [2.45, 2.75) is 32.2 Å². The maximum atomic E-state index is 9.88. The van der Waals surface area contributed by atoms with Crippen LogP contribution in [0.5, 0.6) is 11.5 Å². The van der Waals surface area contributed by atoms with E-state index >= 15 is 0 Å². The first-order chi connectivity index (χ1) is 12.7. The normalized spacial score (nSPS) is 27.0. The minimum atomic E-state index is 0.267. The van der Waals surface area contributed by atoms with E-state index in [4.69, 9.17) is 21.1 Å². The second-order valence-corrected chi connectivity index (χ2v) is 8.32. The highest BCUT2D eigenvalue weighted by molar-refractivity contribution is 6.31. The highest BCUT2D eigenvalue weighted by atomic mass is 35.5. The van der Waals surface area contributed by atoms with Crippen molar-refractivity contribution in [2.75, 3.05) is 46.1 Å². The molecule has 0 radical (unpaired) electrons. The van der Waals surface area contributed by atoms with Gasteiger partial charge in [-0.1, -0.05) is 24.4 Å². The Balaban J connectivity index is 1.39. The topological polar surface area (TPSA) is 45.2 Å². The molecule has 4 rings (SSSR count). The van der Waals surface area contributed by atoms with Crippen molar-refractivity contribution < 1.29 is 14.6 Å². The largest absolute Gasteiger partial charge is 0.454 e. The summed E-state index contributed by atoms with van der Waals surface area (Å²) >= 11 is 6.45. The predicted octanol–water partition coefficient (Wildman–Crippen LogP) is 2.99. The van der Waals surface area contributed by atoms with E-state index in [-0.39, 0.29) is 13.4 Å². The Bertz CT molecular complexity index is 619. The van der Waals surface area contributed by atoms with Gasteiger partial charge in [0.25, 0.3) is 0 Å². The summed E-state index contributed by atoms with van der Waals surface area (Å²) in [5.74, 6) is 2.40. The molecular weight excluding hydrogens is 352 g/mol. The first-order valence-electron chi connectivity index (χ1n) is 9.86. The van der Waals surface area contributed by atoms with Crippen LogP contribution in [0.4, 0.5) is 0 Å². The lowest BCUT2D eigenvalue weighted by Gasteiger charge is -2.26. The Morgan fingerprint density at radius 1 is 0.962 bits per heavy atom. The van der Waals surface area contributed by atoms with E-state index in [1.165, 1.54) is 38.8 Å². The molecule has 0 aliphatic carbocycles. The lowest BCUT2D eigenvalue weighted by atomic mass is 9.96. The van der Waals surface area contributed by atoms with E-state index in [0.717, 1.165) is 48.3 Å². The fourth-order valence-corrected chi connectivity index (χ4v) is 4.76. The molecule has 3 aliphatic heterocycles. The summed E-state index contributed by atoms with van der Waals surface area (Å²) in [4.78, 5) is 5.03. The number of benzene rings is 1. The van der Waals surface area contributed by atoms with Gasteiger partial charge in [-0.05, 0) is 49.4 Å². The first-order valence-corrected chi connectivity index (χ1v) is 10.2. The average molecular weight is 381 g/mol. The molecule has 2 fully saturated rings. The van der Waals surface area contributed by atoms with Crippen LogP contribution in [0.15, 0.2) is 12.1 Å². The van der Waals surface area contributed by atoms with Crippen LogP contribution in [-0.4, -0.2) is 61.0 Å². The van der Waals surface area contributed by atoms with Crippen LogP contribution >= 0.6 is 11.6 Å². The van der Waals surface area contributed by atoms with Gasteiger partial charge in [0.15, 0.2) is 11.5 Å². The van der Waals surface area contributed by atoms with Crippen LogP contribution in [0.2, 0.25) is 5.02 Å². The highest BCUT2D eigenvalue weighted by Crippen LogP contribution is 2.38. The van der Waals surface area contributed by atoms with Gasteiger partial charge in [0, 0.05) is 43.9 Å². The lowest BCUT2D eigenvalue weighted by molar-refractivity contribution is 0.165. The maximum absolute atomic E-state index is 9.88. The second kappa shape index (κ2) is 8.34. The molecule has 2 saturated heterocycles. The minimum absolute atomic E-state index is 0.267. The number of rotatable bonds is 5. The maximum Gasteiger partial charge on any atom is 0.231 e. The fourth-order valence-electron chi connectivity index (χ4n) is 4.55. The quantitative estimate of drug-likeness (QED) is 0.850. The van der Waals surface area contributed by atoms with Gasteiger partial charge in [0.2, 0.25) is 6.79 Å². The molecule has 3 aliphatic rings. The van der Waals surface area contributed by atoms with Crippen LogP contribution in [0.25, 0.3) is 0 Å². The summed E-state index contributed by atoms with van der Waals surface area (Å²) < 4.78 is 10.9. The van der Waals surface area contributed by atoms with Gasteiger partial charge in [-0.3, -0.25) is 4.90 Å². The van der Waals surface area contributed by atoms with Gasteiger partial charge in [-0.15, -0.1) is 0 Å². The number of likely N-dealkylation sites (tertiary alicyclic amines) is 2. The van der Waals surface area contributed by atoms with E-state index in [0.29, 0.717) is 11.8 Å². The number of hydrogen-bond acceptors (Lipinski definition) is 5. The number of nitrogens with zero attached hydrogens (tertiary/aromatic N) is 2. The molecule has 0 bridgehead atoms. The molecular formula is C20H29ClN2O3. The van der Waals surface area contributed by atoms with Crippen LogP contribution in [-0.2, 0) is 6.54 Å². The van der Waals surface area contributed by atoms with Crippen molar-refractivity contribution in [1.82, 2.24) is 9.80 Å². The Hall–Kier alpha value is -1.01. The number of halogens is 1. The second-order valence-electron chi connectivity index (χ2n) is 7.91. The number of aliphatic hydroxyl groups is 1. The number of fused-ring (bicyclic) bond motifs is 1. The standard InChI is InChI=1S/C20H29ClN2O3/c21-18-8-20-19(25-14-26-20)7-15(18)9-23-11-16(17(12-23)13-24)10-22-5-3-1-2-4-6-22/h7-8,16-17,24H,1-6,9-14H2/t16-,17-/m1/s1. The molecule has 1 N–H and O–H groups in total. The molecule has 1 aromatic rings. The van der Waals surface area contributed by atoms with Crippen molar-refractivity contribution in [2.24, 2.45) is 11.8 Å². The summed E-state index contributed by atoms with van der Waals surface area (Å²) in [6, 6.07) is 3.86. The van der Waals surface area contributed by atoms with Crippen molar-refractivity contribution in [1.29, 1.82) is 0 Å². The van der Waals surface area contributed by atoms with Gasteiger partial charge < -0.3 is 19.5 Å². The summed E-state index contributed by atoms with van der Waals surface area (Å²) in [5.41, 5.74) is 1.07. The first kappa shape index (κ1) is 18.4. The smallest absolute Gasteiger partial charge is 0.231 e. The Morgan fingerprint density at radius 3 is 2.38 bits per heavy atom. The fraction of sp³-hybridized carbons (Fsp3) is 0.700. The van der Waals surface area contributed by atoms with Gasteiger partial charge in [-0.2, -0.15) is 0 Å². The van der Waals surface area contributed by atoms with Crippen LogP contribution in [0.3, 0.4) is 0 Å². The zero-order chi connectivity index (χ0) is 17.9. The molecule has 26 heavy (non-hydrogen) atoms. The van der Waals surface area contributed by atoms with Crippen LogP contribution in [0.1, 0.15) is 31.2 Å². The molecule has 2 atom stereocenters. The highest BCUT2D eigenvalue weighted by Gasteiger charge is 2.34. The summed E-state index contributed by atoms with van der Waals surface area (Å²) in [7, 11) is 0. The third-order valence-electron chi connectivity index (χ3n) is 6.01. The number of aliphatic hydroxyl groups excluding tert-OH is 1. The number of hydrogen-bond donors (Lipinski definition) is 1. The van der Waals surface area contributed by atoms with Crippen molar-refractivity contribution in [3.8, 4) is 11.5 Å². The van der Waals surface area contributed by atoms with E-state index in [1.807, 2.05) is 12.1 Å². The van der Waals surface area contributed by atoms with Crippen molar-refractivity contribution in [3.63, 3.8) is 0 Å².